The summed E-state index contributed by atoms with van der Waals surface area (Å²) in [6, 6.07) is 19.9. The molecule has 0 unspecified atom stereocenters. The van der Waals surface area contributed by atoms with Crippen LogP contribution in [-0.4, -0.2) is 29.1 Å². The zero-order chi connectivity index (χ0) is 22.7. The lowest BCUT2D eigenvalue weighted by atomic mass is 10.1. The minimum Gasteiger partial charge on any atom is -0.416 e. The van der Waals surface area contributed by atoms with Crippen molar-refractivity contribution in [1.82, 2.24) is 15.5 Å². The Bertz CT molecular complexity index is 1290. The number of amides is 2. The van der Waals surface area contributed by atoms with E-state index in [-0.39, 0.29) is 11.8 Å². The lowest BCUT2D eigenvalue weighted by molar-refractivity contribution is 0.0961. The maximum absolute atomic E-state index is 12.7. The number of hydrogen-bond acceptors (Lipinski definition) is 5. The number of nitrogens with one attached hydrogen (secondary N) is 2. The fourth-order valence-electron chi connectivity index (χ4n) is 3.26. The predicted octanol–water partition coefficient (Wildman–Crippen LogP) is 4.63. The van der Waals surface area contributed by atoms with Crippen molar-refractivity contribution in [3.05, 3.63) is 89.0 Å². The summed E-state index contributed by atoms with van der Waals surface area (Å²) in [7, 11) is 1.56. The standard InChI is InChI=1S/C25H22N4O3/c1-15-6-4-5-7-20(15)25-29-28-24(32-25)18-12-10-17(11-13-18)23(31)27-21-14-19(22(30)26-3)9-8-16(21)2/h4-14H,1-3H3,(H,26,30)(H,27,31). The molecule has 2 N–H and O–H groups in total. The van der Waals surface area contributed by atoms with Crippen molar-refractivity contribution in [2.45, 2.75) is 13.8 Å². The van der Waals surface area contributed by atoms with E-state index >= 15 is 0 Å². The van der Waals surface area contributed by atoms with Crippen molar-refractivity contribution in [3.8, 4) is 22.9 Å². The molecule has 0 saturated heterocycles. The van der Waals surface area contributed by atoms with Crippen LogP contribution in [-0.2, 0) is 0 Å². The highest BCUT2D eigenvalue weighted by Crippen LogP contribution is 2.26. The SMILES string of the molecule is CNC(=O)c1ccc(C)c(NC(=O)c2ccc(-c3nnc(-c4ccccc4C)o3)cc2)c1. The number of benzene rings is 3. The Morgan fingerprint density at radius 1 is 0.781 bits per heavy atom. The van der Waals surface area contributed by atoms with E-state index in [0.29, 0.717) is 34.2 Å². The second-order valence-electron chi connectivity index (χ2n) is 7.37. The Morgan fingerprint density at radius 3 is 2.19 bits per heavy atom. The molecule has 0 bridgehead atoms. The molecular weight excluding hydrogens is 404 g/mol. The minimum atomic E-state index is -0.278. The highest BCUT2D eigenvalue weighted by Gasteiger charge is 2.14. The summed E-state index contributed by atoms with van der Waals surface area (Å²) in [6.07, 6.45) is 0. The Morgan fingerprint density at radius 2 is 1.47 bits per heavy atom. The lowest BCUT2D eigenvalue weighted by Crippen LogP contribution is -2.19. The number of carbonyl (C=O) groups excluding carboxylic acids is 2. The van der Waals surface area contributed by atoms with E-state index in [0.717, 1.165) is 16.7 Å². The molecule has 0 fully saturated rings. The van der Waals surface area contributed by atoms with Crippen LogP contribution in [0.1, 0.15) is 31.8 Å². The molecule has 0 radical (unpaired) electrons. The summed E-state index contributed by atoms with van der Waals surface area (Å²) in [4.78, 5) is 24.6. The van der Waals surface area contributed by atoms with Gasteiger partial charge in [-0.2, -0.15) is 0 Å². The lowest BCUT2D eigenvalue weighted by Gasteiger charge is -2.10. The van der Waals surface area contributed by atoms with Gasteiger partial charge < -0.3 is 15.1 Å². The maximum Gasteiger partial charge on any atom is 0.255 e. The highest BCUT2D eigenvalue weighted by molar-refractivity contribution is 6.05. The molecule has 0 spiro atoms. The molecule has 0 atom stereocenters. The number of carbonyl (C=O) groups is 2. The molecule has 7 heteroatoms. The first kappa shape index (κ1) is 21.0. The molecule has 2 amide bonds. The third kappa shape index (κ3) is 4.27. The second-order valence-corrected chi connectivity index (χ2v) is 7.37. The van der Waals surface area contributed by atoms with Gasteiger partial charge in [0.05, 0.1) is 0 Å². The first-order chi connectivity index (χ1) is 15.5. The predicted molar refractivity (Wildman–Crippen MR) is 122 cm³/mol. The van der Waals surface area contributed by atoms with Crippen LogP contribution in [0.15, 0.2) is 71.1 Å². The molecule has 1 aromatic heterocycles. The summed E-state index contributed by atoms with van der Waals surface area (Å²) in [6.45, 7) is 3.85. The average Bonchev–Trinajstić information content (AvgIpc) is 3.30. The molecule has 4 aromatic rings. The van der Waals surface area contributed by atoms with Crippen LogP contribution in [0.4, 0.5) is 5.69 Å². The van der Waals surface area contributed by atoms with Gasteiger partial charge in [-0.1, -0.05) is 24.3 Å². The molecule has 4 rings (SSSR count). The van der Waals surface area contributed by atoms with Crippen LogP contribution >= 0.6 is 0 Å². The topological polar surface area (TPSA) is 97.1 Å². The molecule has 32 heavy (non-hydrogen) atoms. The van der Waals surface area contributed by atoms with E-state index in [2.05, 4.69) is 20.8 Å². The van der Waals surface area contributed by atoms with Gasteiger partial charge in [0.1, 0.15) is 0 Å². The first-order valence-electron chi connectivity index (χ1n) is 10.1. The van der Waals surface area contributed by atoms with Crippen molar-refractivity contribution < 1.29 is 14.0 Å². The van der Waals surface area contributed by atoms with Crippen LogP contribution in [0.25, 0.3) is 22.9 Å². The van der Waals surface area contributed by atoms with Gasteiger partial charge in [0.25, 0.3) is 11.8 Å². The molecular formula is C25H22N4O3. The van der Waals surface area contributed by atoms with Crippen LogP contribution in [0.5, 0.6) is 0 Å². The molecule has 3 aromatic carbocycles. The number of rotatable bonds is 5. The van der Waals surface area contributed by atoms with Gasteiger partial charge in [-0.15, -0.1) is 10.2 Å². The van der Waals surface area contributed by atoms with E-state index in [1.807, 2.05) is 38.1 Å². The van der Waals surface area contributed by atoms with Gasteiger partial charge in [0, 0.05) is 35.0 Å². The largest absolute Gasteiger partial charge is 0.416 e. The smallest absolute Gasteiger partial charge is 0.255 e. The Hall–Kier alpha value is -4.26. The quantitative estimate of drug-likeness (QED) is 0.485. The molecule has 0 aliphatic heterocycles. The molecule has 7 nitrogen and oxygen atoms in total. The number of aromatic nitrogens is 2. The number of anilines is 1. The summed E-state index contributed by atoms with van der Waals surface area (Å²) in [5, 5.41) is 13.7. The van der Waals surface area contributed by atoms with Crippen molar-refractivity contribution in [2.24, 2.45) is 0 Å². The molecule has 1 heterocycles. The second kappa shape index (κ2) is 8.85. The van der Waals surface area contributed by atoms with Crippen molar-refractivity contribution in [2.75, 3.05) is 12.4 Å². The van der Waals surface area contributed by atoms with Crippen LogP contribution < -0.4 is 10.6 Å². The summed E-state index contributed by atoms with van der Waals surface area (Å²) >= 11 is 0. The Labute approximate surface area is 185 Å². The van der Waals surface area contributed by atoms with Gasteiger partial charge >= 0.3 is 0 Å². The monoisotopic (exact) mass is 426 g/mol. The van der Waals surface area contributed by atoms with Crippen molar-refractivity contribution >= 4 is 17.5 Å². The normalized spacial score (nSPS) is 10.6. The maximum atomic E-state index is 12.7. The van der Waals surface area contributed by atoms with Gasteiger partial charge in [0.15, 0.2) is 0 Å². The van der Waals surface area contributed by atoms with E-state index in [4.69, 9.17) is 4.42 Å². The number of hydrogen-bond donors (Lipinski definition) is 2. The van der Waals surface area contributed by atoms with Crippen molar-refractivity contribution in [3.63, 3.8) is 0 Å². The summed E-state index contributed by atoms with van der Waals surface area (Å²) in [5.41, 5.74) is 5.03. The van der Waals surface area contributed by atoms with Crippen LogP contribution in [0, 0.1) is 13.8 Å². The van der Waals surface area contributed by atoms with E-state index < -0.39 is 0 Å². The summed E-state index contributed by atoms with van der Waals surface area (Å²) < 4.78 is 5.83. The fraction of sp³-hybridized carbons (Fsp3) is 0.120. The average molecular weight is 426 g/mol. The Kier molecular flexibility index (Phi) is 5.81. The summed E-state index contributed by atoms with van der Waals surface area (Å²) in [5.74, 6) is 0.338. The molecule has 0 aliphatic rings. The van der Waals surface area contributed by atoms with E-state index in [1.54, 1.807) is 49.5 Å². The molecule has 0 aliphatic carbocycles. The molecule has 0 saturated carbocycles. The zero-order valence-corrected chi connectivity index (χ0v) is 18.0. The van der Waals surface area contributed by atoms with Gasteiger partial charge in [-0.3, -0.25) is 9.59 Å². The van der Waals surface area contributed by atoms with E-state index in [9.17, 15) is 9.59 Å². The van der Waals surface area contributed by atoms with Crippen LogP contribution in [0.3, 0.4) is 0 Å². The fourth-order valence-corrected chi connectivity index (χ4v) is 3.26. The van der Waals surface area contributed by atoms with Crippen LogP contribution in [0.2, 0.25) is 0 Å². The third-order valence-electron chi connectivity index (χ3n) is 5.17. The van der Waals surface area contributed by atoms with E-state index in [1.165, 1.54) is 0 Å². The number of nitrogens with zero attached hydrogens (tertiary/aromatic N) is 2. The third-order valence-corrected chi connectivity index (χ3v) is 5.17. The minimum absolute atomic E-state index is 0.213. The van der Waals surface area contributed by atoms with Gasteiger partial charge in [-0.05, 0) is 67.4 Å². The molecule has 160 valence electrons. The highest BCUT2D eigenvalue weighted by atomic mass is 16.4. The Balaban J connectivity index is 1.52. The number of aryl methyl sites for hydroxylation is 2. The van der Waals surface area contributed by atoms with Gasteiger partial charge in [0.2, 0.25) is 11.8 Å². The van der Waals surface area contributed by atoms with Crippen molar-refractivity contribution in [1.29, 1.82) is 0 Å². The zero-order valence-electron chi connectivity index (χ0n) is 18.0. The van der Waals surface area contributed by atoms with Gasteiger partial charge in [-0.25, -0.2) is 0 Å². The first-order valence-corrected chi connectivity index (χ1v) is 10.1.